The van der Waals surface area contributed by atoms with Crippen LogP contribution in [-0.4, -0.2) is 31.3 Å². The van der Waals surface area contributed by atoms with E-state index in [-0.39, 0.29) is 11.5 Å². The molecule has 3 heterocycles. The zero-order valence-corrected chi connectivity index (χ0v) is 18.3. The maximum absolute atomic E-state index is 13.7. The summed E-state index contributed by atoms with van der Waals surface area (Å²) in [5.74, 6) is -0.205. The molecule has 0 spiro atoms. The number of rotatable bonds is 5. The van der Waals surface area contributed by atoms with Gasteiger partial charge in [0.15, 0.2) is 0 Å². The summed E-state index contributed by atoms with van der Waals surface area (Å²) < 4.78 is 17.3. The van der Waals surface area contributed by atoms with Crippen LogP contribution in [0.3, 0.4) is 0 Å². The van der Waals surface area contributed by atoms with Crippen LogP contribution in [0.5, 0.6) is 0 Å². The van der Waals surface area contributed by atoms with E-state index in [2.05, 4.69) is 26.6 Å². The van der Waals surface area contributed by atoms with Crippen molar-refractivity contribution in [3.05, 3.63) is 65.5 Å². The molecule has 164 valence electrons. The second kappa shape index (κ2) is 8.27. The molecule has 4 aromatic rings. The molecule has 1 aliphatic rings. The molecule has 7 nitrogen and oxygen atoms in total. The van der Waals surface area contributed by atoms with E-state index in [1.165, 1.54) is 31.0 Å². The number of benzene rings is 1. The number of amidine groups is 1. The predicted octanol–water partition coefficient (Wildman–Crippen LogP) is 4.92. The smallest absolute Gasteiger partial charge is 0.135 e. The molecule has 3 aromatic heterocycles. The lowest BCUT2D eigenvalue weighted by Crippen LogP contribution is -2.22. The second-order valence-corrected chi connectivity index (χ2v) is 8.52. The highest BCUT2D eigenvalue weighted by Crippen LogP contribution is 2.32. The summed E-state index contributed by atoms with van der Waals surface area (Å²) in [6.07, 6.45) is 12.0. The van der Waals surface area contributed by atoms with E-state index in [0.717, 1.165) is 35.2 Å². The Morgan fingerprint density at radius 2 is 1.97 bits per heavy atom. The van der Waals surface area contributed by atoms with Crippen LogP contribution in [0.25, 0.3) is 16.6 Å². The number of nitrogens with one attached hydrogen (secondary N) is 1. The fraction of sp³-hybridized carbons (Fsp3) is 0.261. The van der Waals surface area contributed by atoms with E-state index < -0.39 is 5.82 Å². The molecular weight excluding hydrogens is 429 g/mol. The molecule has 1 aliphatic carbocycles. The SMILES string of the molecule is Cn1cc(-c2cc3c(NC4CCCC4)c(C(N)=Nc4cc(F)ccc4Cl)cnn3c2)cn1. The molecule has 0 aliphatic heterocycles. The molecule has 3 N–H and O–H groups in total. The Morgan fingerprint density at radius 3 is 2.72 bits per heavy atom. The fourth-order valence-corrected chi connectivity index (χ4v) is 4.33. The third kappa shape index (κ3) is 3.93. The van der Waals surface area contributed by atoms with Crippen molar-refractivity contribution in [3.8, 4) is 11.1 Å². The van der Waals surface area contributed by atoms with Crippen LogP contribution in [0.1, 0.15) is 31.2 Å². The van der Waals surface area contributed by atoms with Gasteiger partial charge in [-0.3, -0.25) is 4.68 Å². The van der Waals surface area contributed by atoms with Gasteiger partial charge in [-0.15, -0.1) is 0 Å². The Bertz CT molecular complexity index is 1320. The zero-order valence-electron chi connectivity index (χ0n) is 17.6. The summed E-state index contributed by atoms with van der Waals surface area (Å²) in [7, 11) is 1.89. The van der Waals surface area contributed by atoms with Gasteiger partial charge in [0.2, 0.25) is 0 Å². The molecule has 0 bridgehead atoms. The first-order valence-corrected chi connectivity index (χ1v) is 10.9. The molecule has 32 heavy (non-hydrogen) atoms. The third-order valence-electron chi connectivity index (χ3n) is 5.80. The van der Waals surface area contributed by atoms with Crippen molar-refractivity contribution in [2.24, 2.45) is 17.8 Å². The minimum atomic E-state index is -0.425. The summed E-state index contributed by atoms with van der Waals surface area (Å²) in [4.78, 5) is 4.42. The number of halogens is 2. The van der Waals surface area contributed by atoms with E-state index in [4.69, 9.17) is 17.3 Å². The minimum absolute atomic E-state index is 0.220. The number of nitrogens with zero attached hydrogens (tertiary/aromatic N) is 5. The average molecular weight is 452 g/mol. The summed E-state index contributed by atoms with van der Waals surface area (Å²) in [6.45, 7) is 0. The number of hydrogen-bond acceptors (Lipinski definition) is 4. The van der Waals surface area contributed by atoms with Crippen molar-refractivity contribution in [3.63, 3.8) is 0 Å². The number of aliphatic imine (C=N–C) groups is 1. The first-order valence-electron chi connectivity index (χ1n) is 10.5. The molecule has 0 unspecified atom stereocenters. The number of hydrogen-bond donors (Lipinski definition) is 2. The van der Waals surface area contributed by atoms with Crippen LogP contribution in [0.4, 0.5) is 15.8 Å². The van der Waals surface area contributed by atoms with Gasteiger partial charge >= 0.3 is 0 Å². The van der Waals surface area contributed by atoms with Crippen molar-refractivity contribution in [1.82, 2.24) is 19.4 Å². The number of aryl methyl sites for hydroxylation is 1. The lowest BCUT2D eigenvalue weighted by molar-refractivity contribution is 0.628. The van der Waals surface area contributed by atoms with Gasteiger partial charge in [0.25, 0.3) is 0 Å². The standard InChI is InChI=1S/C23H23ClFN7/c1-31-12-15(10-27-31)14-8-21-22(29-17-4-2-3-5-17)18(11-28-32(21)13-14)23(26)30-20-9-16(25)6-7-19(20)24/h6-13,17,29H,2-5H2,1H3,(H2,26,30). The lowest BCUT2D eigenvalue weighted by atomic mass is 10.1. The first-order chi connectivity index (χ1) is 15.5. The molecule has 1 fully saturated rings. The molecule has 0 atom stereocenters. The molecule has 0 amide bonds. The Kier molecular flexibility index (Phi) is 5.30. The van der Waals surface area contributed by atoms with Gasteiger partial charge in [0.1, 0.15) is 11.7 Å². The quantitative estimate of drug-likeness (QED) is 0.333. The number of aromatic nitrogens is 4. The molecule has 5 rings (SSSR count). The van der Waals surface area contributed by atoms with Gasteiger partial charge in [-0.25, -0.2) is 13.9 Å². The first kappa shape index (κ1) is 20.5. The summed E-state index contributed by atoms with van der Waals surface area (Å²) >= 11 is 6.20. The monoisotopic (exact) mass is 451 g/mol. The number of anilines is 1. The van der Waals surface area contributed by atoms with E-state index in [0.29, 0.717) is 16.6 Å². The minimum Gasteiger partial charge on any atom is -0.383 e. The molecule has 1 aromatic carbocycles. The molecule has 9 heteroatoms. The van der Waals surface area contributed by atoms with Crippen LogP contribution in [0, 0.1) is 5.82 Å². The van der Waals surface area contributed by atoms with Gasteiger partial charge in [0.05, 0.1) is 39.9 Å². The summed E-state index contributed by atoms with van der Waals surface area (Å²) in [6, 6.07) is 6.44. The van der Waals surface area contributed by atoms with Gasteiger partial charge < -0.3 is 11.1 Å². The average Bonchev–Trinajstić information content (AvgIpc) is 3.51. The van der Waals surface area contributed by atoms with Crippen molar-refractivity contribution in [1.29, 1.82) is 0 Å². The Morgan fingerprint density at radius 1 is 1.16 bits per heavy atom. The maximum Gasteiger partial charge on any atom is 0.135 e. The van der Waals surface area contributed by atoms with Crippen molar-refractivity contribution in [2.75, 3.05) is 5.32 Å². The van der Waals surface area contributed by atoms with E-state index in [1.807, 2.05) is 30.2 Å². The summed E-state index contributed by atoms with van der Waals surface area (Å²) in [5, 5.41) is 12.8. The van der Waals surface area contributed by atoms with Crippen LogP contribution in [0.2, 0.25) is 5.02 Å². The summed E-state index contributed by atoms with van der Waals surface area (Å²) in [5.41, 5.74) is 11.1. The maximum atomic E-state index is 13.7. The highest BCUT2D eigenvalue weighted by molar-refractivity contribution is 6.33. The van der Waals surface area contributed by atoms with Crippen LogP contribution in [-0.2, 0) is 7.05 Å². The van der Waals surface area contributed by atoms with Crippen molar-refractivity contribution < 1.29 is 4.39 Å². The van der Waals surface area contributed by atoms with Crippen LogP contribution < -0.4 is 11.1 Å². The number of fused-ring (bicyclic) bond motifs is 1. The Balaban J connectivity index is 1.63. The van der Waals surface area contributed by atoms with Gasteiger partial charge in [0, 0.05) is 42.7 Å². The highest BCUT2D eigenvalue weighted by Gasteiger charge is 2.21. The Hall–Kier alpha value is -3.39. The zero-order chi connectivity index (χ0) is 22.2. The van der Waals surface area contributed by atoms with E-state index in [1.54, 1.807) is 10.9 Å². The van der Waals surface area contributed by atoms with Crippen LogP contribution in [0.15, 0.2) is 54.0 Å². The molecule has 0 radical (unpaired) electrons. The van der Waals surface area contributed by atoms with Crippen molar-refractivity contribution >= 4 is 34.3 Å². The predicted molar refractivity (Wildman–Crippen MR) is 125 cm³/mol. The number of nitrogens with two attached hydrogens (primary N) is 1. The van der Waals surface area contributed by atoms with Crippen LogP contribution >= 0.6 is 11.6 Å². The highest BCUT2D eigenvalue weighted by atomic mass is 35.5. The fourth-order valence-electron chi connectivity index (χ4n) is 4.17. The van der Waals surface area contributed by atoms with E-state index >= 15 is 0 Å². The molecular formula is C23H23ClFN7. The second-order valence-electron chi connectivity index (χ2n) is 8.11. The normalized spacial score (nSPS) is 15.0. The van der Waals surface area contributed by atoms with Gasteiger partial charge in [-0.2, -0.15) is 10.2 Å². The third-order valence-corrected chi connectivity index (χ3v) is 6.12. The lowest BCUT2D eigenvalue weighted by Gasteiger charge is -2.18. The Labute approximate surface area is 189 Å². The topological polar surface area (TPSA) is 85.5 Å². The van der Waals surface area contributed by atoms with Crippen molar-refractivity contribution in [2.45, 2.75) is 31.7 Å². The van der Waals surface area contributed by atoms with Gasteiger partial charge in [-0.05, 0) is 31.0 Å². The van der Waals surface area contributed by atoms with E-state index in [9.17, 15) is 4.39 Å². The molecule has 0 saturated heterocycles. The largest absolute Gasteiger partial charge is 0.383 e. The molecule has 1 saturated carbocycles. The van der Waals surface area contributed by atoms with Gasteiger partial charge in [-0.1, -0.05) is 24.4 Å².